The van der Waals surface area contributed by atoms with Crippen molar-refractivity contribution in [2.45, 2.75) is 12.8 Å². The van der Waals surface area contributed by atoms with Gasteiger partial charge in [0.2, 0.25) is 0 Å². The number of nitrogens with one attached hydrogen (secondary N) is 1. The molecule has 0 radical (unpaired) electrons. The van der Waals surface area contributed by atoms with Crippen molar-refractivity contribution in [3.63, 3.8) is 0 Å². The summed E-state index contributed by atoms with van der Waals surface area (Å²) in [6, 6.07) is 0. The van der Waals surface area contributed by atoms with Gasteiger partial charge in [0.25, 0.3) is 0 Å². The zero-order valence-electron chi connectivity index (χ0n) is 6.81. The molecule has 1 unspecified atom stereocenters. The Labute approximate surface area is 68.3 Å². The minimum Gasteiger partial charge on any atom is -0.368 e. The van der Waals surface area contributed by atoms with Crippen LogP contribution in [0.3, 0.4) is 0 Å². The molecule has 2 nitrogen and oxygen atoms in total. The number of rotatable bonds is 3. The summed E-state index contributed by atoms with van der Waals surface area (Å²) in [7, 11) is 0. The van der Waals surface area contributed by atoms with Gasteiger partial charge in [0, 0.05) is 6.54 Å². The number of ether oxygens (including phenoxy) is 1. The molecule has 1 fully saturated rings. The van der Waals surface area contributed by atoms with Crippen molar-refractivity contribution in [2.75, 3.05) is 26.3 Å². The van der Waals surface area contributed by atoms with Gasteiger partial charge in [-0.15, -0.1) is 6.42 Å². The molecule has 0 aromatic rings. The topological polar surface area (TPSA) is 21.3 Å². The van der Waals surface area contributed by atoms with Gasteiger partial charge in [-0.3, -0.25) is 0 Å². The normalized spacial score (nSPS) is 24.5. The molecule has 0 bridgehead atoms. The maximum absolute atomic E-state index is 5.25. The third-order valence-corrected chi connectivity index (χ3v) is 1.94. The fraction of sp³-hybridized carbons (Fsp3) is 0.778. The molecule has 1 aliphatic rings. The van der Waals surface area contributed by atoms with E-state index in [0.717, 1.165) is 19.7 Å². The monoisotopic (exact) mass is 153 g/mol. The molecule has 0 saturated carbocycles. The van der Waals surface area contributed by atoms with Crippen LogP contribution in [0, 0.1) is 18.3 Å². The molecule has 0 spiro atoms. The Morgan fingerprint density at radius 1 is 1.64 bits per heavy atom. The minimum absolute atomic E-state index is 0.455. The van der Waals surface area contributed by atoms with E-state index in [1.807, 2.05) is 0 Å². The second-order valence-electron chi connectivity index (χ2n) is 2.93. The average Bonchev–Trinajstić information content (AvgIpc) is 2.07. The van der Waals surface area contributed by atoms with Crippen LogP contribution in [0.1, 0.15) is 12.8 Å². The summed E-state index contributed by atoms with van der Waals surface area (Å²) in [6.07, 6.45) is 7.60. The largest absolute Gasteiger partial charge is 0.368 e. The van der Waals surface area contributed by atoms with Gasteiger partial charge in [-0.25, -0.2) is 0 Å². The molecule has 0 aromatic heterocycles. The first-order valence-corrected chi connectivity index (χ1v) is 4.15. The van der Waals surface area contributed by atoms with Crippen molar-refractivity contribution in [1.29, 1.82) is 0 Å². The quantitative estimate of drug-likeness (QED) is 0.474. The van der Waals surface area contributed by atoms with Crippen molar-refractivity contribution in [2.24, 2.45) is 5.92 Å². The molecule has 1 rings (SSSR count). The maximum atomic E-state index is 5.25. The summed E-state index contributed by atoms with van der Waals surface area (Å²) in [5.74, 6) is 3.14. The Hall–Kier alpha value is -0.520. The molecule has 1 aliphatic heterocycles. The molecule has 0 amide bonds. The van der Waals surface area contributed by atoms with E-state index < -0.39 is 0 Å². The van der Waals surface area contributed by atoms with Crippen molar-refractivity contribution >= 4 is 0 Å². The fourth-order valence-corrected chi connectivity index (χ4v) is 1.35. The predicted octanol–water partition coefficient (Wildman–Crippen LogP) is 0.636. The molecule has 0 aromatic carbocycles. The second kappa shape index (κ2) is 5.17. The highest BCUT2D eigenvalue weighted by molar-refractivity contribution is 4.83. The molecule has 2 heteroatoms. The summed E-state index contributed by atoms with van der Waals surface area (Å²) < 4.78 is 5.25. The molecular formula is C9H15NO. The Kier molecular flexibility index (Phi) is 4.03. The molecule has 11 heavy (non-hydrogen) atoms. The number of hydrogen-bond acceptors (Lipinski definition) is 2. The van der Waals surface area contributed by atoms with E-state index in [2.05, 4.69) is 11.2 Å². The summed E-state index contributed by atoms with van der Waals surface area (Å²) in [6.45, 7) is 3.52. The van der Waals surface area contributed by atoms with E-state index in [9.17, 15) is 0 Å². The lowest BCUT2D eigenvalue weighted by molar-refractivity contribution is 0.114. The second-order valence-corrected chi connectivity index (χ2v) is 2.93. The lowest BCUT2D eigenvalue weighted by atomic mass is 10.0. The first-order chi connectivity index (χ1) is 5.43. The van der Waals surface area contributed by atoms with Crippen LogP contribution < -0.4 is 5.32 Å². The van der Waals surface area contributed by atoms with Gasteiger partial charge in [0.05, 0.1) is 6.61 Å². The van der Waals surface area contributed by atoms with Crippen molar-refractivity contribution in [1.82, 2.24) is 5.32 Å². The standard InChI is InChI=1S/C9H15NO/c1-2-6-11-8-9-4-3-5-10-7-9/h1,9-10H,3-8H2. The summed E-state index contributed by atoms with van der Waals surface area (Å²) in [5, 5.41) is 3.33. The number of hydrogen-bond donors (Lipinski definition) is 1. The smallest absolute Gasteiger partial charge is 0.107 e. The highest BCUT2D eigenvalue weighted by atomic mass is 16.5. The van der Waals surface area contributed by atoms with Crippen LogP contribution in [0.5, 0.6) is 0 Å². The summed E-state index contributed by atoms with van der Waals surface area (Å²) in [5.41, 5.74) is 0. The SMILES string of the molecule is C#CCOCC1CCCNC1. The van der Waals surface area contributed by atoms with Crippen LogP contribution in [0.4, 0.5) is 0 Å². The molecule has 0 aliphatic carbocycles. The van der Waals surface area contributed by atoms with Gasteiger partial charge in [0.1, 0.15) is 6.61 Å². The molecule has 62 valence electrons. The predicted molar refractivity (Wildman–Crippen MR) is 45.2 cm³/mol. The van der Waals surface area contributed by atoms with Gasteiger partial charge in [-0.05, 0) is 25.3 Å². The number of piperidine rings is 1. The zero-order valence-corrected chi connectivity index (χ0v) is 6.81. The van der Waals surface area contributed by atoms with E-state index >= 15 is 0 Å². The highest BCUT2D eigenvalue weighted by Crippen LogP contribution is 2.09. The average molecular weight is 153 g/mol. The molecule has 1 atom stereocenters. The lowest BCUT2D eigenvalue weighted by Gasteiger charge is -2.21. The molecule has 1 N–H and O–H groups in total. The van der Waals surface area contributed by atoms with Crippen LogP contribution in [0.2, 0.25) is 0 Å². The third kappa shape index (κ3) is 3.41. The molecule has 1 heterocycles. The van der Waals surface area contributed by atoms with E-state index in [4.69, 9.17) is 11.2 Å². The van der Waals surface area contributed by atoms with Crippen LogP contribution >= 0.6 is 0 Å². The first kappa shape index (κ1) is 8.58. The number of terminal acetylenes is 1. The van der Waals surface area contributed by atoms with Gasteiger partial charge < -0.3 is 10.1 Å². The van der Waals surface area contributed by atoms with Crippen LogP contribution in [-0.4, -0.2) is 26.3 Å². The van der Waals surface area contributed by atoms with Gasteiger partial charge in [-0.2, -0.15) is 0 Å². The minimum atomic E-state index is 0.455. The lowest BCUT2D eigenvalue weighted by Crippen LogP contribution is -2.32. The third-order valence-electron chi connectivity index (χ3n) is 1.94. The Bertz CT molecular complexity index is 133. The van der Waals surface area contributed by atoms with Crippen molar-refractivity contribution in [3.05, 3.63) is 0 Å². The maximum Gasteiger partial charge on any atom is 0.107 e. The Morgan fingerprint density at radius 2 is 2.55 bits per heavy atom. The first-order valence-electron chi connectivity index (χ1n) is 4.15. The van der Waals surface area contributed by atoms with Crippen LogP contribution in [0.15, 0.2) is 0 Å². The Morgan fingerprint density at radius 3 is 3.18 bits per heavy atom. The van der Waals surface area contributed by atoms with E-state index in [1.165, 1.54) is 12.8 Å². The summed E-state index contributed by atoms with van der Waals surface area (Å²) in [4.78, 5) is 0. The fourth-order valence-electron chi connectivity index (χ4n) is 1.35. The van der Waals surface area contributed by atoms with Gasteiger partial charge in [-0.1, -0.05) is 5.92 Å². The van der Waals surface area contributed by atoms with Gasteiger partial charge in [0.15, 0.2) is 0 Å². The van der Waals surface area contributed by atoms with Crippen molar-refractivity contribution < 1.29 is 4.74 Å². The van der Waals surface area contributed by atoms with Crippen LogP contribution in [0.25, 0.3) is 0 Å². The molecule has 1 saturated heterocycles. The van der Waals surface area contributed by atoms with Crippen LogP contribution in [-0.2, 0) is 4.74 Å². The van der Waals surface area contributed by atoms with E-state index in [-0.39, 0.29) is 0 Å². The highest BCUT2D eigenvalue weighted by Gasteiger charge is 2.11. The van der Waals surface area contributed by atoms with Crippen molar-refractivity contribution in [3.8, 4) is 12.3 Å². The zero-order chi connectivity index (χ0) is 7.94. The Balaban J connectivity index is 2.01. The van der Waals surface area contributed by atoms with Gasteiger partial charge >= 0.3 is 0 Å². The van der Waals surface area contributed by atoms with E-state index in [1.54, 1.807) is 0 Å². The van der Waals surface area contributed by atoms with E-state index in [0.29, 0.717) is 12.5 Å². The summed E-state index contributed by atoms with van der Waals surface area (Å²) >= 11 is 0. The molecular weight excluding hydrogens is 138 g/mol.